The second kappa shape index (κ2) is 9.83. The van der Waals surface area contributed by atoms with Gasteiger partial charge in [0, 0.05) is 0 Å². The summed E-state index contributed by atoms with van der Waals surface area (Å²) in [6, 6.07) is 8.82. The average molecular weight is 258 g/mol. The van der Waals surface area contributed by atoms with Crippen LogP contribution in [0.2, 0.25) is 0 Å². The molecule has 0 bridgehead atoms. The van der Waals surface area contributed by atoms with Gasteiger partial charge in [0.05, 0.1) is 0 Å². The zero-order chi connectivity index (χ0) is 13.9. The van der Waals surface area contributed by atoms with Crippen LogP contribution in [0.1, 0.15) is 76.3 Å². The van der Waals surface area contributed by atoms with E-state index in [1.165, 1.54) is 62.5 Å². The molecule has 0 radical (unpaired) electrons. The Hall–Kier alpha value is -1.04. The second-order valence-corrected chi connectivity index (χ2v) is 5.50. The van der Waals surface area contributed by atoms with E-state index in [0.29, 0.717) is 0 Å². The minimum atomic E-state index is 1.23. The molecule has 0 saturated carbocycles. The van der Waals surface area contributed by atoms with E-state index in [0.717, 1.165) is 0 Å². The van der Waals surface area contributed by atoms with Crippen molar-refractivity contribution in [3.63, 3.8) is 0 Å². The molecule has 1 rings (SSSR count). The topological polar surface area (TPSA) is 0 Å². The molecule has 106 valence electrons. The molecule has 1 aromatic rings. The summed E-state index contributed by atoms with van der Waals surface area (Å²) in [5.41, 5.74) is 4.46. The molecule has 0 heteroatoms. The lowest BCUT2D eigenvalue weighted by molar-refractivity contribution is 0.677. The Bertz CT molecular complexity index is 373. The Balaban J connectivity index is 2.69. The van der Waals surface area contributed by atoms with Crippen molar-refractivity contribution in [2.24, 2.45) is 0 Å². The van der Waals surface area contributed by atoms with E-state index < -0.39 is 0 Å². The highest BCUT2D eigenvalue weighted by Crippen LogP contribution is 2.25. The first-order valence-corrected chi connectivity index (χ1v) is 8.04. The third-order valence-corrected chi connectivity index (χ3v) is 3.74. The number of aryl methyl sites for hydroxylation is 1. The van der Waals surface area contributed by atoms with E-state index in [1.54, 1.807) is 5.57 Å². The monoisotopic (exact) mass is 258 g/mol. The highest BCUT2D eigenvalue weighted by molar-refractivity contribution is 5.68. The second-order valence-electron chi connectivity index (χ2n) is 5.50. The van der Waals surface area contributed by atoms with Crippen LogP contribution in [0.4, 0.5) is 0 Å². The fraction of sp³-hybridized carbons (Fsp3) is 0.579. The Morgan fingerprint density at radius 2 is 1.68 bits per heavy atom. The van der Waals surface area contributed by atoms with Gasteiger partial charge in [-0.1, -0.05) is 76.3 Å². The molecular weight excluding hydrogens is 228 g/mol. The standard InChI is InChI=1S/C19H30/c1-4-6-8-10-15-18(14-9-7-5-2)19-16-12-11-13-17(19)3/h11-14,16H,4-10,15H2,1-3H3/b18-14-. The Morgan fingerprint density at radius 3 is 2.37 bits per heavy atom. The van der Waals surface area contributed by atoms with Crippen LogP contribution in [0.25, 0.3) is 5.57 Å². The number of unbranched alkanes of at least 4 members (excludes halogenated alkanes) is 5. The van der Waals surface area contributed by atoms with Gasteiger partial charge in [0.25, 0.3) is 0 Å². The van der Waals surface area contributed by atoms with Crippen LogP contribution in [0.15, 0.2) is 30.3 Å². The van der Waals surface area contributed by atoms with Crippen molar-refractivity contribution in [2.45, 2.75) is 72.1 Å². The van der Waals surface area contributed by atoms with Gasteiger partial charge >= 0.3 is 0 Å². The first-order chi connectivity index (χ1) is 9.29. The normalized spacial score (nSPS) is 11.8. The average Bonchev–Trinajstić information content (AvgIpc) is 2.42. The summed E-state index contributed by atoms with van der Waals surface area (Å²) < 4.78 is 0. The van der Waals surface area contributed by atoms with Gasteiger partial charge in [-0.15, -0.1) is 0 Å². The molecule has 0 saturated heterocycles. The predicted octanol–water partition coefficient (Wildman–Crippen LogP) is 6.54. The van der Waals surface area contributed by atoms with E-state index in [2.05, 4.69) is 51.1 Å². The van der Waals surface area contributed by atoms with E-state index in [9.17, 15) is 0 Å². The van der Waals surface area contributed by atoms with Gasteiger partial charge in [0.2, 0.25) is 0 Å². The quantitative estimate of drug-likeness (QED) is 0.441. The first-order valence-electron chi connectivity index (χ1n) is 8.04. The molecule has 1 aromatic carbocycles. The van der Waals surface area contributed by atoms with Crippen molar-refractivity contribution < 1.29 is 0 Å². The summed E-state index contributed by atoms with van der Waals surface area (Å²) in [6.45, 7) is 6.77. The first kappa shape index (κ1) is 16.0. The van der Waals surface area contributed by atoms with Crippen LogP contribution in [-0.2, 0) is 0 Å². The summed E-state index contributed by atoms with van der Waals surface area (Å²) in [4.78, 5) is 0. The van der Waals surface area contributed by atoms with Gasteiger partial charge in [0.1, 0.15) is 0 Å². The Kier molecular flexibility index (Phi) is 8.29. The van der Waals surface area contributed by atoms with Gasteiger partial charge in [-0.3, -0.25) is 0 Å². The fourth-order valence-electron chi connectivity index (χ4n) is 2.50. The highest BCUT2D eigenvalue weighted by atomic mass is 14.1. The highest BCUT2D eigenvalue weighted by Gasteiger charge is 2.04. The van der Waals surface area contributed by atoms with Crippen molar-refractivity contribution in [1.82, 2.24) is 0 Å². The van der Waals surface area contributed by atoms with Crippen molar-refractivity contribution in [3.05, 3.63) is 41.5 Å². The number of rotatable bonds is 9. The zero-order valence-corrected chi connectivity index (χ0v) is 13.0. The van der Waals surface area contributed by atoms with E-state index in [-0.39, 0.29) is 0 Å². The molecule has 0 aliphatic rings. The number of hydrogen-bond acceptors (Lipinski definition) is 0. The van der Waals surface area contributed by atoms with Gasteiger partial charge in [0.15, 0.2) is 0 Å². The summed E-state index contributed by atoms with van der Waals surface area (Å²) in [7, 11) is 0. The van der Waals surface area contributed by atoms with Crippen LogP contribution in [0, 0.1) is 6.92 Å². The molecule has 0 amide bonds. The molecule has 0 aliphatic heterocycles. The molecule has 0 heterocycles. The SMILES string of the molecule is CCCC/C=C(/CCCCCC)c1ccccc1C. The molecule has 0 aromatic heterocycles. The Labute approximate surface area is 119 Å². The maximum absolute atomic E-state index is 2.48. The fourth-order valence-corrected chi connectivity index (χ4v) is 2.50. The van der Waals surface area contributed by atoms with Gasteiger partial charge in [-0.25, -0.2) is 0 Å². The van der Waals surface area contributed by atoms with Crippen LogP contribution in [-0.4, -0.2) is 0 Å². The van der Waals surface area contributed by atoms with Gasteiger partial charge in [-0.2, -0.15) is 0 Å². The third-order valence-electron chi connectivity index (χ3n) is 3.74. The van der Waals surface area contributed by atoms with E-state index in [1.807, 2.05) is 0 Å². The van der Waals surface area contributed by atoms with Crippen molar-refractivity contribution in [3.8, 4) is 0 Å². The number of allylic oxidation sites excluding steroid dienone is 2. The summed E-state index contributed by atoms with van der Waals surface area (Å²) in [6.07, 6.45) is 12.9. The number of benzene rings is 1. The van der Waals surface area contributed by atoms with Crippen molar-refractivity contribution in [2.75, 3.05) is 0 Å². The number of hydrogen-bond donors (Lipinski definition) is 0. The molecule has 0 nitrogen and oxygen atoms in total. The van der Waals surface area contributed by atoms with Crippen LogP contribution < -0.4 is 0 Å². The molecule has 19 heavy (non-hydrogen) atoms. The predicted molar refractivity (Wildman–Crippen MR) is 87.4 cm³/mol. The Morgan fingerprint density at radius 1 is 0.947 bits per heavy atom. The maximum Gasteiger partial charge on any atom is -0.0198 e. The third kappa shape index (κ3) is 6.09. The molecule has 0 spiro atoms. The van der Waals surface area contributed by atoms with Gasteiger partial charge in [-0.05, 0) is 42.9 Å². The summed E-state index contributed by atoms with van der Waals surface area (Å²) in [5, 5.41) is 0. The summed E-state index contributed by atoms with van der Waals surface area (Å²) >= 11 is 0. The van der Waals surface area contributed by atoms with E-state index >= 15 is 0 Å². The summed E-state index contributed by atoms with van der Waals surface area (Å²) in [5.74, 6) is 0. The van der Waals surface area contributed by atoms with Crippen molar-refractivity contribution >= 4 is 5.57 Å². The van der Waals surface area contributed by atoms with Crippen LogP contribution >= 0.6 is 0 Å². The lowest BCUT2D eigenvalue weighted by Gasteiger charge is -2.11. The minimum Gasteiger partial charge on any atom is -0.0807 e. The van der Waals surface area contributed by atoms with E-state index in [4.69, 9.17) is 0 Å². The maximum atomic E-state index is 2.48. The molecule has 0 atom stereocenters. The molecular formula is C19H30. The van der Waals surface area contributed by atoms with Crippen LogP contribution in [0.5, 0.6) is 0 Å². The largest absolute Gasteiger partial charge is 0.0807 e. The lowest BCUT2D eigenvalue weighted by atomic mass is 9.94. The minimum absolute atomic E-state index is 1.23. The lowest BCUT2D eigenvalue weighted by Crippen LogP contribution is -1.90. The van der Waals surface area contributed by atoms with Gasteiger partial charge < -0.3 is 0 Å². The van der Waals surface area contributed by atoms with Crippen LogP contribution in [0.3, 0.4) is 0 Å². The smallest absolute Gasteiger partial charge is 0.0198 e. The molecule has 0 fully saturated rings. The molecule has 0 N–H and O–H groups in total. The zero-order valence-electron chi connectivity index (χ0n) is 13.0. The molecule has 0 aliphatic carbocycles. The molecule has 0 unspecified atom stereocenters. The van der Waals surface area contributed by atoms with Crippen molar-refractivity contribution in [1.29, 1.82) is 0 Å².